The maximum atomic E-state index is 11.8. The van der Waals surface area contributed by atoms with Gasteiger partial charge in [0.1, 0.15) is 6.10 Å². The first-order valence-electron chi connectivity index (χ1n) is 8.63. The van der Waals surface area contributed by atoms with Crippen LogP contribution in [-0.4, -0.2) is 63.3 Å². The molecule has 1 aliphatic rings. The molecule has 0 bridgehead atoms. The molecule has 0 aromatic carbocycles. The standard InChI is InChI=1S/C18H25N5O3/c1-21(2)17(25)10-16(24)15-9-14-12-22(7-8-23(14)20-15)11-13-5-4-6-19-18(13)26-3/h4-6,9,16,24H,7-8,10-12H2,1-3H3. The number of aliphatic hydroxyl groups is 1. The highest BCUT2D eigenvalue weighted by molar-refractivity contribution is 5.76. The fourth-order valence-electron chi connectivity index (χ4n) is 3.06. The van der Waals surface area contributed by atoms with Crippen molar-refractivity contribution in [3.05, 3.63) is 41.3 Å². The number of aliphatic hydroxyl groups excluding tert-OH is 1. The highest BCUT2D eigenvalue weighted by atomic mass is 16.5. The average molecular weight is 359 g/mol. The summed E-state index contributed by atoms with van der Waals surface area (Å²) in [6.45, 7) is 3.05. The van der Waals surface area contributed by atoms with E-state index in [4.69, 9.17) is 4.74 Å². The molecule has 1 amide bonds. The number of hydrogen-bond donors (Lipinski definition) is 1. The maximum Gasteiger partial charge on any atom is 0.225 e. The summed E-state index contributed by atoms with van der Waals surface area (Å²) in [6.07, 6.45) is 0.881. The van der Waals surface area contributed by atoms with E-state index in [1.807, 2.05) is 22.9 Å². The van der Waals surface area contributed by atoms with Crippen molar-refractivity contribution < 1.29 is 14.6 Å². The normalized spacial score (nSPS) is 15.4. The van der Waals surface area contributed by atoms with Crippen molar-refractivity contribution in [1.82, 2.24) is 24.6 Å². The third-order valence-corrected chi connectivity index (χ3v) is 4.54. The topological polar surface area (TPSA) is 83.7 Å². The van der Waals surface area contributed by atoms with Gasteiger partial charge in [0.2, 0.25) is 11.8 Å². The molecule has 1 N–H and O–H groups in total. The van der Waals surface area contributed by atoms with E-state index in [0.29, 0.717) is 11.6 Å². The van der Waals surface area contributed by atoms with Crippen LogP contribution in [0, 0.1) is 0 Å². The molecule has 2 aromatic heterocycles. The minimum Gasteiger partial charge on any atom is -0.481 e. The van der Waals surface area contributed by atoms with Crippen LogP contribution in [0.5, 0.6) is 5.88 Å². The van der Waals surface area contributed by atoms with E-state index in [9.17, 15) is 9.90 Å². The van der Waals surface area contributed by atoms with E-state index in [-0.39, 0.29) is 12.3 Å². The molecule has 0 aliphatic carbocycles. The second kappa shape index (κ2) is 7.84. The number of rotatable bonds is 6. The van der Waals surface area contributed by atoms with Crippen molar-refractivity contribution in [2.45, 2.75) is 32.2 Å². The van der Waals surface area contributed by atoms with Gasteiger partial charge in [-0.25, -0.2) is 4.98 Å². The molecule has 0 fully saturated rings. The molecule has 140 valence electrons. The molecule has 26 heavy (non-hydrogen) atoms. The number of hydrogen-bond acceptors (Lipinski definition) is 6. The maximum absolute atomic E-state index is 11.8. The molecule has 1 atom stereocenters. The lowest BCUT2D eigenvalue weighted by Gasteiger charge is -2.27. The smallest absolute Gasteiger partial charge is 0.225 e. The number of amides is 1. The van der Waals surface area contributed by atoms with Gasteiger partial charge >= 0.3 is 0 Å². The van der Waals surface area contributed by atoms with Gasteiger partial charge < -0.3 is 14.7 Å². The number of fused-ring (bicyclic) bond motifs is 1. The molecule has 1 unspecified atom stereocenters. The second-order valence-corrected chi connectivity index (χ2v) is 6.67. The molecule has 0 saturated heterocycles. The monoisotopic (exact) mass is 359 g/mol. The zero-order valence-electron chi connectivity index (χ0n) is 15.4. The lowest BCUT2D eigenvalue weighted by atomic mass is 10.1. The zero-order valence-corrected chi connectivity index (χ0v) is 15.4. The summed E-state index contributed by atoms with van der Waals surface area (Å²) in [6, 6.07) is 5.81. The van der Waals surface area contributed by atoms with Crippen molar-refractivity contribution in [2.24, 2.45) is 0 Å². The first kappa shape index (κ1) is 18.3. The molecule has 0 saturated carbocycles. The van der Waals surface area contributed by atoms with Crippen LogP contribution in [0.15, 0.2) is 24.4 Å². The quantitative estimate of drug-likeness (QED) is 0.822. The Balaban J connectivity index is 1.67. The number of nitrogens with zero attached hydrogens (tertiary/aromatic N) is 5. The molecular weight excluding hydrogens is 334 g/mol. The summed E-state index contributed by atoms with van der Waals surface area (Å²) in [5.74, 6) is 0.527. The molecule has 3 heterocycles. The third-order valence-electron chi connectivity index (χ3n) is 4.54. The van der Waals surface area contributed by atoms with E-state index in [0.717, 1.165) is 37.4 Å². The van der Waals surface area contributed by atoms with Gasteiger partial charge in [0.05, 0.1) is 31.5 Å². The van der Waals surface area contributed by atoms with Crippen molar-refractivity contribution in [2.75, 3.05) is 27.7 Å². The van der Waals surface area contributed by atoms with Crippen LogP contribution in [0.1, 0.15) is 29.5 Å². The Bertz CT molecular complexity index is 774. The predicted molar refractivity (Wildman–Crippen MR) is 95.4 cm³/mol. The number of carbonyl (C=O) groups excluding carboxylic acids is 1. The summed E-state index contributed by atoms with van der Waals surface area (Å²) >= 11 is 0. The Kier molecular flexibility index (Phi) is 5.53. The van der Waals surface area contributed by atoms with Crippen LogP contribution < -0.4 is 4.74 Å². The van der Waals surface area contributed by atoms with E-state index < -0.39 is 6.10 Å². The lowest BCUT2D eigenvalue weighted by molar-refractivity contribution is -0.130. The molecule has 2 aromatic rings. The summed E-state index contributed by atoms with van der Waals surface area (Å²) in [7, 11) is 4.98. The third kappa shape index (κ3) is 4.03. The molecule has 8 nitrogen and oxygen atoms in total. The largest absolute Gasteiger partial charge is 0.481 e. The van der Waals surface area contributed by atoms with E-state index in [2.05, 4.69) is 15.0 Å². The molecular formula is C18H25N5O3. The van der Waals surface area contributed by atoms with Gasteiger partial charge in [-0.15, -0.1) is 0 Å². The molecule has 0 radical (unpaired) electrons. The fourth-order valence-corrected chi connectivity index (χ4v) is 3.06. The van der Waals surface area contributed by atoms with Crippen LogP contribution in [0.2, 0.25) is 0 Å². The Labute approximate surface area is 153 Å². The van der Waals surface area contributed by atoms with E-state index in [1.165, 1.54) is 4.90 Å². The van der Waals surface area contributed by atoms with Gasteiger partial charge in [0, 0.05) is 45.5 Å². The van der Waals surface area contributed by atoms with Gasteiger partial charge in [-0.3, -0.25) is 14.4 Å². The SMILES string of the molecule is COc1ncccc1CN1CCn2nc(C(O)CC(=O)N(C)C)cc2C1. The van der Waals surface area contributed by atoms with Crippen LogP contribution in [0.3, 0.4) is 0 Å². The van der Waals surface area contributed by atoms with Gasteiger partial charge in [-0.1, -0.05) is 6.07 Å². The molecule has 8 heteroatoms. The molecule has 1 aliphatic heterocycles. The number of methoxy groups -OCH3 is 1. The highest BCUT2D eigenvalue weighted by Gasteiger charge is 2.23. The minimum absolute atomic E-state index is 0.0417. The summed E-state index contributed by atoms with van der Waals surface area (Å²) in [4.78, 5) is 19.8. The predicted octanol–water partition coefficient (Wildman–Crippen LogP) is 0.814. The number of carbonyl (C=O) groups is 1. The van der Waals surface area contributed by atoms with Crippen LogP contribution in [0.25, 0.3) is 0 Å². The highest BCUT2D eigenvalue weighted by Crippen LogP contribution is 2.23. The van der Waals surface area contributed by atoms with Crippen molar-refractivity contribution in [1.29, 1.82) is 0 Å². The van der Waals surface area contributed by atoms with Gasteiger partial charge in [0.15, 0.2) is 0 Å². The van der Waals surface area contributed by atoms with Gasteiger partial charge in [0.25, 0.3) is 0 Å². The van der Waals surface area contributed by atoms with Crippen molar-refractivity contribution in [3.63, 3.8) is 0 Å². The average Bonchev–Trinajstić information content (AvgIpc) is 3.05. The van der Waals surface area contributed by atoms with Crippen molar-refractivity contribution in [3.8, 4) is 5.88 Å². The summed E-state index contributed by atoms with van der Waals surface area (Å²) in [5, 5.41) is 14.8. The fraction of sp³-hybridized carbons (Fsp3) is 0.500. The molecule has 3 rings (SSSR count). The summed E-state index contributed by atoms with van der Waals surface area (Å²) < 4.78 is 7.24. The number of aromatic nitrogens is 3. The zero-order chi connectivity index (χ0) is 18.7. The Morgan fingerprint density at radius 2 is 2.23 bits per heavy atom. The summed E-state index contributed by atoms with van der Waals surface area (Å²) in [5.41, 5.74) is 2.63. The van der Waals surface area contributed by atoms with Crippen molar-refractivity contribution >= 4 is 5.91 Å². The van der Waals surface area contributed by atoms with E-state index in [1.54, 1.807) is 27.4 Å². The minimum atomic E-state index is -0.880. The van der Waals surface area contributed by atoms with Crippen LogP contribution >= 0.6 is 0 Å². The van der Waals surface area contributed by atoms with Crippen LogP contribution in [-0.2, 0) is 24.4 Å². The van der Waals surface area contributed by atoms with E-state index >= 15 is 0 Å². The lowest BCUT2D eigenvalue weighted by Crippen LogP contribution is -2.33. The number of ether oxygens (including phenoxy) is 1. The Hall–Kier alpha value is -2.45. The van der Waals surface area contributed by atoms with Gasteiger partial charge in [-0.2, -0.15) is 5.10 Å². The Morgan fingerprint density at radius 1 is 1.42 bits per heavy atom. The number of pyridine rings is 1. The second-order valence-electron chi connectivity index (χ2n) is 6.67. The van der Waals surface area contributed by atoms with Crippen LogP contribution in [0.4, 0.5) is 0 Å². The first-order chi connectivity index (χ1) is 12.5. The first-order valence-corrected chi connectivity index (χ1v) is 8.63. The Morgan fingerprint density at radius 3 is 2.96 bits per heavy atom. The van der Waals surface area contributed by atoms with Gasteiger partial charge in [-0.05, 0) is 12.1 Å². The molecule has 0 spiro atoms.